The van der Waals surface area contributed by atoms with Gasteiger partial charge >= 0.3 is 24.3 Å². The Hall–Kier alpha value is -3.65. The molecule has 1 saturated heterocycles. The zero-order valence-electron chi connectivity index (χ0n) is 19.5. The molecule has 0 aromatic carbocycles. The number of aliphatic carboxylic acids is 2. The molecule has 15 heteroatoms. The van der Waals surface area contributed by atoms with Gasteiger partial charge in [-0.3, -0.25) is 4.98 Å². The van der Waals surface area contributed by atoms with E-state index in [0.29, 0.717) is 5.92 Å². The first-order chi connectivity index (χ1) is 17.1. The van der Waals surface area contributed by atoms with Crippen LogP contribution in [0.15, 0.2) is 36.7 Å². The van der Waals surface area contributed by atoms with Crippen molar-refractivity contribution in [3.05, 3.63) is 42.4 Å². The number of halogens is 6. The molecule has 2 aromatic rings. The molecule has 2 N–H and O–H groups in total. The van der Waals surface area contributed by atoms with Crippen LogP contribution in [-0.2, 0) is 9.59 Å². The summed E-state index contributed by atoms with van der Waals surface area (Å²) >= 11 is 0. The summed E-state index contributed by atoms with van der Waals surface area (Å²) in [7, 11) is 0. The van der Waals surface area contributed by atoms with Crippen LogP contribution in [0.25, 0.3) is 0 Å². The molecule has 1 saturated carbocycles. The van der Waals surface area contributed by atoms with Crippen molar-refractivity contribution in [2.24, 2.45) is 11.3 Å². The van der Waals surface area contributed by atoms with E-state index in [1.807, 2.05) is 25.1 Å². The minimum Gasteiger partial charge on any atom is -0.491 e. The molecule has 1 aliphatic carbocycles. The number of alkyl halides is 6. The second-order valence-corrected chi connectivity index (χ2v) is 8.45. The van der Waals surface area contributed by atoms with Crippen LogP contribution in [0.5, 0.6) is 5.75 Å². The van der Waals surface area contributed by atoms with Gasteiger partial charge in [-0.15, -0.1) is 5.10 Å². The number of carbonyl (C=O) groups is 2. The predicted octanol–water partition coefficient (Wildman–Crippen LogP) is 4.13. The van der Waals surface area contributed by atoms with Gasteiger partial charge in [0, 0.05) is 24.7 Å². The minimum atomic E-state index is -5.08. The van der Waals surface area contributed by atoms with Crippen LogP contribution in [0.3, 0.4) is 0 Å². The van der Waals surface area contributed by atoms with Crippen molar-refractivity contribution in [3.8, 4) is 5.75 Å². The van der Waals surface area contributed by atoms with Crippen molar-refractivity contribution < 1.29 is 50.9 Å². The van der Waals surface area contributed by atoms with Crippen LogP contribution in [0.1, 0.15) is 25.0 Å². The van der Waals surface area contributed by atoms with Gasteiger partial charge in [0.25, 0.3) is 0 Å². The Morgan fingerprint density at radius 3 is 2.19 bits per heavy atom. The Morgan fingerprint density at radius 2 is 1.70 bits per heavy atom. The number of rotatable bonds is 4. The third-order valence-corrected chi connectivity index (χ3v) is 5.79. The maximum absolute atomic E-state index is 10.6. The number of carboxylic acid groups (broad SMARTS) is 2. The topological polar surface area (TPSA) is 126 Å². The molecule has 0 amide bonds. The molecular formula is C22H24F6N4O5. The Kier molecular flexibility index (Phi) is 9.64. The number of anilines is 1. The molecule has 1 aliphatic heterocycles. The van der Waals surface area contributed by atoms with Gasteiger partial charge in [-0.1, -0.05) is 6.42 Å². The van der Waals surface area contributed by atoms with E-state index in [9.17, 15) is 26.3 Å². The molecule has 0 unspecified atom stereocenters. The smallest absolute Gasteiger partial charge is 0.490 e. The Labute approximate surface area is 207 Å². The molecule has 0 bridgehead atoms. The molecule has 9 nitrogen and oxygen atoms in total. The Bertz CT molecular complexity index is 1010. The molecule has 2 atom stereocenters. The van der Waals surface area contributed by atoms with Gasteiger partial charge in [-0.25, -0.2) is 9.59 Å². The minimum absolute atomic E-state index is 0.238. The fourth-order valence-corrected chi connectivity index (χ4v) is 4.04. The number of aryl methyl sites for hydroxylation is 1. The number of aromatic nitrogens is 3. The van der Waals surface area contributed by atoms with E-state index in [-0.39, 0.29) is 5.41 Å². The fraction of sp³-hybridized carbons (Fsp3) is 0.500. The van der Waals surface area contributed by atoms with E-state index in [2.05, 4.69) is 26.1 Å². The van der Waals surface area contributed by atoms with Crippen LogP contribution >= 0.6 is 0 Å². The van der Waals surface area contributed by atoms with Crippen molar-refractivity contribution >= 4 is 17.8 Å². The summed E-state index contributed by atoms with van der Waals surface area (Å²) in [6.07, 6.45) is -2.79. The van der Waals surface area contributed by atoms with Gasteiger partial charge in [-0.2, -0.15) is 31.4 Å². The van der Waals surface area contributed by atoms with Crippen molar-refractivity contribution in [3.63, 3.8) is 0 Å². The number of nitrogens with zero attached hydrogens (tertiary/aromatic N) is 4. The van der Waals surface area contributed by atoms with Gasteiger partial charge in [0.15, 0.2) is 5.82 Å². The Morgan fingerprint density at radius 1 is 1.08 bits per heavy atom. The maximum atomic E-state index is 10.6. The number of hydrogen-bond acceptors (Lipinski definition) is 7. The van der Waals surface area contributed by atoms with Gasteiger partial charge in [0.05, 0.1) is 18.5 Å². The molecule has 2 fully saturated rings. The number of hydrogen-bond donors (Lipinski definition) is 2. The molecule has 3 heterocycles. The molecule has 2 aliphatic rings. The Balaban J connectivity index is 0.000000286. The zero-order chi connectivity index (χ0) is 27.9. The lowest BCUT2D eigenvalue weighted by molar-refractivity contribution is -0.193. The third kappa shape index (κ3) is 8.75. The van der Waals surface area contributed by atoms with Crippen LogP contribution in [-0.4, -0.2) is 69.4 Å². The van der Waals surface area contributed by atoms with E-state index in [4.69, 9.17) is 24.5 Å². The summed E-state index contributed by atoms with van der Waals surface area (Å²) in [6.45, 7) is 4.81. The normalized spacial score (nSPS) is 20.6. The highest BCUT2D eigenvalue weighted by molar-refractivity contribution is 5.73. The lowest BCUT2D eigenvalue weighted by Crippen LogP contribution is -2.34. The highest BCUT2D eigenvalue weighted by Crippen LogP contribution is 2.49. The second kappa shape index (κ2) is 12.1. The van der Waals surface area contributed by atoms with Crippen LogP contribution < -0.4 is 9.64 Å². The van der Waals surface area contributed by atoms with E-state index < -0.39 is 24.3 Å². The van der Waals surface area contributed by atoms with Crippen molar-refractivity contribution in [1.29, 1.82) is 0 Å². The standard InChI is InChI=1S/C18H22N4O.2C2HF3O2/c1-14-6-7-17(21-20-14)22-11-15-4-2-8-18(15,12-22)13-23-16-5-3-9-19-10-16;2*3-2(4,5)1(6)7/h3,5-7,9-10,15H,2,4,8,11-13H2,1H3;2*(H,6,7)/t15-,18+;;/m1../s1. The first kappa shape index (κ1) is 29.6. The molecule has 204 valence electrons. The van der Waals surface area contributed by atoms with E-state index in [1.54, 1.807) is 12.4 Å². The summed E-state index contributed by atoms with van der Waals surface area (Å²) < 4.78 is 69.5. The highest BCUT2D eigenvalue weighted by atomic mass is 19.4. The SMILES string of the molecule is Cc1ccc(N2C[C@H]3CCC[C@@]3(COc3cccnc3)C2)nn1.O=C(O)C(F)(F)F.O=C(O)C(F)(F)F. The summed E-state index contributed by atoms with van der Waals surface area (Å²) in [5, 5.41) is 22.8. The summed E-state index contributed by atoms with van der Waals surface area (Å²) in [5.74, 6) is -2.98. The summed E-state index contributed by atoms with van der Waals surface area (Å²) in [6, 6.07) is 8.02. The van der Waals surface area contributed by atoms with Gasteiger partial charge in [-0.05, 0) is 49.9 Å². The molecule has 4 rings (SSSR count). The molecule has 0 radical (unpaired) electrons. The van der Waals surface area contributed by atoms with Crippen LogP contribution in [0.2, 0.25) is 0 Å². The number of carboxylic acids is 2. The molecular weight excluding hydrogens is 514 g/mol. The van der Waals surface area contributed by atoms with Crippen molar-refractivity contribution in [1.82, 2.24) is 15.2 Å². The number of ether oxygens (including phenoxy) is 1. The predicted molar refractivity (Wildman–Crippen MR) is 116 cm³/mol. The molecule has 2 aromatic heterocycles. The van der Waals surface area contributed by atoms with Gasteiger partial charge in [0.2, 0.25) is 0 Å². The quantitative estimate of drug-likeness (QED) is 0.553. The number of pyridine rings is 1. The molecule has 37 heavy (non-hydrogen) atoms. The van der Waals surface area contributed by atoms with Crippen LogP contribution in [0.4, 0.5) is 32.2 Å². The summed E-state index contributed by atoms with van der Waals surface area (Å²) in [5.41, 5.74) is 1.20. The first-order valence-corrected chi connectivity index (χ1v) is 10.8. The first-order valence-electron chi connectivity index (χ1n) is 10.8. The monoisotopic (exact) mass is 538 g/mol. The largest absolute Gasteiger partial charge is 0.491 e. The van der Waals surface area contributed by atoms with Crippen molar-refractivity contribution in [2.45, 2.75) is 38.5 Å². The summed E-state index contributed by atoms with van der Waals surface area (Å²) in [4.78, 5) is 24.3. The van der Waals surface area contributed by atoms with Gasteiger partial charge < -0.3 is 19.8 Å². The van der Waals surface area contributed by atoms with Gasteiger partial charge in [0.1, 0.15) is 5.75 Å². The average molecular weight is 538 g/mol. The lowest BCUT2D eigenvalue weighted by Gasteiger charge is -2.28. The van der Waals surface area contributed by atoms with E-state index in [1.165, 1.54) is 19.3 Å². The zero-order valence-corrected chi connectivity index (χ0v) is 19.5. The maximum Gasteiger partial charge on any atom is 0.490 e. The highest BCUT2D eigenvalue weighted by Gasteiger charge is 2.50. The van der Waals surface area contributed by atoms with Crippen molar-refractivity contribution in [2.75, 3.05) is 24.6 Å². The van der Waals surface area contributed by atoms with E-state index >= 15 is 0 Å². The van der Waals surface area contributed by atoms with E-state index in [0.717, 1.165) is 37.0 Å². The number of fused-ring (bicyclic) bond motifs is 1. The average Bonchev–Trinajstić information content (AvgIpc) is 3.36. The fourth-order valence-electron chi connectivity index (χ4n) is 4.04. The van der Waals surface area contributed by atoms with Crippen LogP contribution in [0, 0.1) is 18.3 Å². The lowest BCUT2D eigenvalue weighted by atomic mass is 9.81. The third-order valence-electron chi connectivity index (χ3n) is 5.79. The second-order valence-electron chi connectivity index (χ2n) is 8.45. The molecule has 0 spiro atoms.